The average Bonchev–Trinajstić information content (AvgIpc) is 2.36. The van der Waals surface area contributed by atoms with Crippen molar-refractivity contribution in [2.75, 3.05) is 7.11 Å². The molecule has 2 N–H and O–H groups in total. The van der Waals surface area contributed by atoms with E-state index in [1.807, 2.05) is 6.92 Å². The Bertz CT molecular complexity index is 607. The fourth-order valence-electron chi connectivity index (χ4n) is 1.51. The summed E-state index contributed by atoms with van der Waals surface area (Å²) in [5.41, 5.74) is -0.747. The van der Waals surface area contributed by atoms with Gasteiger partial charge in [0, 0.05) is 5.54 Å². The number of carbonyl (C=O) groups is 1. The van der Waals surface area contributed by atoms with Crippen molar-refractivity contribution in [2.45, 2.75) is 37.6 Å². The lowest BCUT2D eigenvalue weighted by Gasteiger charge is -2.24. The third-order valence-corrected chi connectivity index (χ3v) is 4.71. The molecule has 0 fully saturated rings. The summed E-state index contributed by atoms with van der Waals surface area (Å²) in [7, 11) is -2.53. The number of ether oxygens (including phenoxy) is 1. The topological polar surface area (TPSA) is 92.7 Å². The Hall–Kier alpha value is -1.60. The quantitative estimate of drug-likeness (QED) is 0.836. The number of carboxylic acid groups (broad SMARTS) is 1. The lowest BCUT2D eigenvalue weighted by Crippen LogP contribution is -2.42. The van der Waals surface area contributed by atoms with Crippen LogP contribution in [-0.2, 0) is 10.0 Å². The Morgan fingerprint density at radius 2 is 2.00 bits per heavy atom. The maximum absolute atomic E-state index is 12.4. The van der Waals surface area contributed by atoms with Gasteiger partial charge in [0.1, 0.15) is 10.6 Å². The highest BCUT2D eigenvalue weighted by molar-refractivity contribution is 7.89. The first-order valence-corrected chi connectivity index (χ1v) is 7.56. The van der Waals surface area contributed by atoms with Crippen LogP contribution < -0.4 is 9.46 Å². The van der Waals surface area contributed by atoms with Crippen LogP contribution in [0.15, 0.2) is 23.1 Å². The summed E-state index contributed by atoms with van der Waals surface area (Å²) in [6.45, 7) is 5.35. The molecule has 0 spiro atoms. The summed E-state index contributed by atoms with van der Waals surface area (Å²) < 4.78 is 32.3. The molecule has 0 amide bonds. The molecule has 0 aliphatic heterocycles. The second-order valence-electron chi connectivity index (χ2n) is 5.01. The van der Waals surface area contributed by atoms with Crippen LogP contribution in [0.25, 0.3) is 0 Å². The van der Waals surface area contributed by atoms with E-state index in [0.717, 1.165) is 6.07 Å². The molecule has 0 radical (unpaired) electrons. The molecule has 0 bridgehead atoms. The van der Waals surface area contributed by atoms with E-state index in [2.05, 4.69) is 4.72 Å². The zero-order valence-electron chi connectivity index (χ0n) is 11.9. The summed E-state index contributed by atoms with van der Waals surface area (Å²) >= 11 is 0. The van der Waals surface area contributed by atoms with Crippen molar-refractivity contribution in [1.29, 1.82) is 0 Å². The molecule has 0 aromatic heterocycles. The predicted molar refractivity (Wildman–Crippen MR) is 74.6 cm³/mol. The van der Waals surface area contributed by atoms with Gasteiger partial charge in [-0.3, -0.25) is 0 Å². The SMILES string of the molecule is CCC(C)(C)NS(=O)(=O)c1cc(C(=O)O)ccc1OC. The standard InChI is InChI=1S/C13H19NO5S/c1-5-13(2,3)14-20(17,18)11-8-9(12(15)16)6-7-10(11)19-4/h6-8,14H,5H2,1-4H3,(H,15,16). The molecule has 20 heavy (non-hydrogen) atoms. The Labute approximate surface area is 118 Å². The summed E-state index contributed by atoms with van der Waals surface area (Å²) in [4.78, 5) is 10.8. The van der Waals surface area contributed by atoms with Crippen molar-refractivity contribution in [3.8, 4) is 5.75 Å². The number of aromatic carboxylic acids is 1. The fraction of sp³-hybridized carbons (Fsp3) is 0.462. The van der Waals surface area contributed by atoms with Gasteiger partial charge in [-0.15, -0.1) is 0 Å². The maximum Gasteiger partial charge on any atom is 0.335 e. The van der Waals surface area contributed by atoms with Gasteiger partial charge in [0.15, 0.2) is 0 Å². The predicted octanol–water partition coefficient (Wildman–Crippen LogP) is 1.86. The highest BCUT2D eigenvalue weighted by Crippen LogP contribution is 2.26. The molecule has 0 atom stereocenters. The second kappa shape index (κ2) is 5.80. The van der Waals surface area contributed by atoms with Crippen LogP contribution in [0, 0.1) is 0 Å². The van der Waals surface area contributed by atoms with E-state index in [4.69, 9.17) is 9.84 Å². The first-order valence-electron chi connectivity index (χ1n) is 6.08. The largest absolute Gasteiger partial charge is 0.495 e. The first-order chi connectivity index (χ1) is 9.13. The van der Waals surface area contributed by atoms with E-state index in [0.29, 0.717) is 6.42 Å². The molecule has 0 unspecified atom stereocenters. The number of methoxy groups -OCH3 is 1. The van der Waals surface area contributed by atoms with E-state index < -0.39 is 21.5 Å². The van der Waals surface area contributed by atoms with Crippen molar-refractivity contribution in [3.05, 3.63) is 23.8 Å². The molecule has 0 heterocycles. The van der Waals surface area contributed by atoms with Crippen molar-refractivity contribution < 1.29 is 23.1 Å². The van der Waals surface area contributed by atoms with Crippen LogP contribution in [0.3, 0.4) is 0 Å². The van der Waals surface area contributed by atoms with Gasteiger partial charge < -0.3 is 9.84 Å². The number of carboxylic acids is 1. The van der Waals surface area contributed by atoms with Crippen LogP contribution >= 0.6 is 0 Å². The van der Waals surface area contributed by atoms with Gasteiger partial charge in [0.05, 0.1) is 12.7 Å². The van der Waals surface area contributed by atoms with Crippen LogP contribution in [-0.4, -0.2) is 32.1 Å². The summed E-state index contributed by atoms with van der Waals surface area (Å²) in [5, 5.41) is 8.96. The van der Waals surface area contributed by atoms with Gasteiger partial charge in [-0.25, -0.2) is 17.9 Å². The lowest BCUT2D eigenvalue weighted by atomic mass is 10.0. The van der Waals surface area contributed by atoms with Gasteiger partial charge in [-0.1, -0.05) is 6.92 Å². The van der Waals surface area contributed by atoms with Crippen molar-refractivity contribution in [1.82, 2.24) is 4.72 Å². The summed E-state index contributed by atoms with van der Waals surface area (Å²) in [5.74, 6) is -1.09. The summed E-state index contributed by atoms with van der Waals surface area (Å²) in [6, 6.07) is 3.72. The van der Waals surface area contributed by atoms with E-state index in [9.17, 15) is 13.2 Å². The van der Waals surface area contributed by atoms with Crippen LogP contribution in [0.2, 0.25) is 0 Å². The number of hydrogen-bond donors (Lipinski definition) is 2. The minimum Gasteiger partial charge on any atom is -0.495 e. The molecule has 1 rings (SSSR count). The Morgan fingerprint density at radius 3 is 2.45 bits per heavy atom. The maximum atomic E-state index is 12.4. The van der Waals surface area contributed by atoms with E-state index in [1.165, 1.54) is 19.2 Å². The first kappa shape index (κ1) is 16.5. The van der Waals surface area contributed by atoms with Crippen molar-refractivity contribution in [3.63, 3.8) is 0 Å². The molecule has 112 valence electrons. The van der Waals surface area contributed by atoms with Crippen LogP contribution in [0.1, 0.15) is 37.6 Å². The molecule has 7 heteroatoms. The van der Waals surface area contributed by atoms with E-state index >= 15 is 0 Å². The third kappa shape index (κ3) is 3.71. The molecule has 1 aromatic rings. The van der Waals surface area contributed by atoms with Gasteiger partial charge >= 0.3 is 5.97 Å². The van der Waals surface area contributed by atoms with Crippen molar-refractivity contribution >= 4 is 16.0 Å². The summed E-state index contributed by atoms with van der Waals surface area (Å²) in [6.07, 6.45) is 0.590. The van der Waals surface area contributed by atoms with Gasteiger partial charge in [0.25, 0.3) is 0 Å². The normalized spacial score (nSPS) is 12.2. The van der Waals surface area contributed by atoms with Gasteiger partial charge in [-0.05, 0) is 38.5 Å². The number of benzene rings is 1. The molecular weight excluding hydrogens is 282 g/mol. The van der Waals surface area contributed by atoms with E-state index in [1.54, 1.807) is 13.8 Å². The van der Waals surface area contributed by atoms with Gasteiger partial charge in [0.2, 0.25) is 10.0 Å². The van der Waals surface area contributed by atoms with Crippen LogP contribution in [0.5, 0.6) is 5.75 Å². The Balaban J connectivity index is 3.36. The minimum atomic E-state index is -3.87. The number of rotatable bonds is 6. The molecule has 0 saturated carbocycles. The average molecular weight is 301 g/mol. The Morgan fingerprint density at radius 1 is 1.40 bits per heavy atom. The monoisotopic (exact) mass is 301 g/mol. The highest BCUT2D eigenvalue weighted by Gasteiger charge is 2.28. The zero-order chi connectivity index (χ0) is 15.6. The number of sulfonamides is 1. The number of nitrogens with one attached hydrogen (secondary N) is 1. The lowest BCUT2D eigenvalue weighted by molar-refractivity contribution is 0.0696. The third-order valence-electron chi connectivity index (χ3n) is 2.99. The smallest absolute Gasteiger partial charge is 0.335 e. The minimum absolute atomic E-state index is 0.106. The molecule has 0 aliphatic rings. The second-order valence-corrected chi connectivity index (χ2v) is 6.66. The molecule has 0 saturated heterocycles. The Kier molecular flexibility index (Phi) is 4.77. The fourth-order valence-corrected chi connectivity index (χ4v) is 3.19. The molecular formula is C13H19NO5S. The zero-order valence-corrected chi connectivity index (χ0v) is 12.7. The van der Waals surface area contributed by atoms with Gasteiger partial charge in [-0.2, -0.15) is 0 Å². The van der Waals surface area contributed by atoms with Crippen LogP contribution in [0.4, 0.5) is 0 Å². The molecule has 0 aliphatic carbocycles. The number of hydrogen-bond acceptors (Lipinski definition) is 4. The van der Waals surface area contributed by atoms with E-state index in [-0.39, 0.29) is 16.2 Å². The highest BCUT2D eigenvalue weighted by atomic mass is 32.2. The van der Waals surface area contributed by atoms with Crippen molar-refractivity contribution in [2.24, 2.45) is 0 Å². The molecule has 6 nitrogen and oxygen atoms in total. The molecule has 1 aromatic carbocycles.